The van der Waals surface area contributed by atoms with E-state index < -0.39 is 18.4 Å². The largest absolute Gasteiger partial charge is 0.573 e. The minimum Gasteiger partial charge on any atom is -0.406 e. The molecule has 3 N–H and O–H groups in total. The summed E-state index contributed by atoms with van der Waals surface area (Å²) >= 11 is 1.54. The summed E-state index contributed by atoms with van der Waals surface area (Å²) in [5.74, 6) is -1.03. The molecule has 11 heteroatoms. The highest BCUT2D eigenvalue weighted by molar-refractivity contribution is 8.12. The SMILES string of the molecule is O=C(Nc1ccc(OC(F)(F)F)cc1)c1ccc(N2CC(O)C(CO)C2)c(C2CN=CS2)c1. The van der Waals surface area contributed by atoms with Crippen molar-refractivity contribution in [3.05, 3.63) is 53.6 Å². The number of nitrogens with one attached hydrogen (secondary N) is 1. The summed E-state index contributed by atoms with van der Waals surface area (Å²) in [6.07, 6.45) is -5.42. The fourth-order valence-corrected chi connectivity index (χ4v) is 4.71. The van der Waals surface area contributed by atoms with Gasteiger partial charge in [-0.3, -0.25) is 9.79 Å². The molecule has 0 bridgehead atoms. The molecule has 2 aliphatic rings. The standard InChI is InChI=1S/C22H22F3N3O4S/c23-22(24,25)32-16-4-2-15(3-5-16)27-21(31)13-1-6-18(17(7-13)20-8-26-12-33-20)28-9-14(11-29)19(30)10-28/h1-7,12,14,19-20,29-30H,8-11H2,(H,27,31). The molecule has 2 aromatic carbocycles. The Balaban J connectivity index is 1.53. The summed E-state index contributed by atoms with van der Waals surface area (Å²) in [4.78, 5) is 19.1. The van der Waals surface area contributed by atoms with Gasteiger partial charge in [-0.1, -0.05) is 0 Å². The number of alkyl halides is 3. The van der Waals surface area contributed by atoms with Crippen molar-refractivity contribution >= 4 is 34.6 Å². The van der Waals surface area contributed by atoms with Crippen LogP contribution in [0.15, 0.2) is 47.5 Å². The summed E-state index contributed by atoms with van der Waals surface area (Å²) in [5.41, 5.74) is 4.24. The number of amides is 1. The van der Waals surface area contributed by atoms with Crippen LogP contribution < -0.4 is 15.0 Å². The summed E-state index contributed by atoms with van der Waals surface area (Å²) < 4.78 is 40.8. The monoisotopic (exact) mass is 481 g/mol. The van der Waals surface area contributed by atoms with Crippen molar-refractivity contribution < 1.29 is 32.9 Å². The number of benzene rings is 2. The number of aliphatic hydroxyl groups is 2. The predicted molar refractivity (Wildman–Crippen MR) is 120 cm³/mol. The second-order valence-corrected chi connectivity index (χ2v) is 8.86. The first-order chi connectivity index (χ1) is 15.7. The molecule has 7 nitrogen and oxygen atoms in total. The maximum absolute atomic E-state index is 12.8. The first-order valence-corrected chi connectivity index (χ1v) is 11.2. The highest BCUT2D eigenvalue weighted by atomic mass is 32.2. The number of hydrogen-bond acceptors (Lipinski definition) is 7. The number of carbonyl (C=O) groups is 1. The molecule has 2 heterocycles. The number of halogens is 3. The maximum Gasteiger partial charge on any atom is 0.573 e. The van der Waals surface area contributed by atoms with Crippen molar-refractivity contribution in [3.8, 4) is 5.75 Å². The lowest BCUT2D eigenvalue weighted by Gasteiger charge is -2.24. The van der Waals surface area contributed by atoms with Gasteiger partial charge < -0.3 is 25.2 Å². The lowest BCUT2D eigenvalue weighted by molar-refractivity contribution is -0.274. The van der Waals surface area contributed by atoms with Gasteiger partial charge in [0.2, 0.25) is 0 Å². The molecular formula is C22H22F3N3O4S. The number of hydrogen-bond donors (Lipinski definition) is 3. The Labute approximate surface area is 192 Å². The van der Waals surface area contributed by atoms with Crippen LogP contribution in [-0.4, -0.2) is 60.4 Å². The van der Waals surface area contributed by atoms with Crippen LogP contribution >= 0.6 is 11.8 Å². The number of aliphatic imine (C=N–C) groups is 1. The fourth-order valence-electron chi connectivity index (χ4n) is 3.89. The number of aliphatic hydroxyl groups excluding tert-OH is 2. The molecule has 0 aliphatic carbocycles. The van der Waals surface area contributed by atoms with E-state index in [1.807, 2.05) is 11.0 Å². The zero-order valence-electron chi connectivity index (χ0n) is 17.3. The first-order valence-electron chi connectivity index (χ1n) is 10.2. The molecular weight excluding hydrogens is 459 g/mol. The number of anilines is 2. The van der Waals surface area contributed by atoms with Gasteiger partial charge >= 0.3 is 6.36 Å². The molecule has 0 aromatic heterocycles. The molecule has 2 aromatic rings. The van der Waals surface area contributed by atoms with Crippen molar-refractivity contribution in [1.29, 1.82) is 0 Å². The van der Waals surface area contributed by atoms with Crippen LogP contribution in [0.2, 0.25) is 0 Å². The maximum atomic E-state index is 12.8. The summed E-state index contributed by atoms with van der Waals surface area (Å²) in [5, 5.41) is 22.4. The average Bonchev–Trinajstić information content (AvgIpc) is 3.43. The number of carbonyl (C=O) groups excluding carboxylic acids is 1. The van der Waals surface area contributed by atoms with Crippen molar-refractivity contribution in [2.45, 2.75) is 17.7 Å². The Morgan fingerprint density at radius 1 is 1.21 bits per heavy atom. The molecule has 3 atom stereocenters. The first kappa shape index (κ1) is 23.4. The van der Waals surface area contributed by atoms with Crippen LogP contribution in [-0.2, 0) is 0 Å². The third-order valence-corrected chi connectivity index (χ3v) is 6.54. The molecule has 176 valence electrons. The molecule has 3 unspecified atom stereocenters. The number of thioether (sulfide) groups is 1. The normalized spacial score (nSPS) is 22.6. The van der Waals surface area contributed by atoms with E-state index in [4.69, 9.17) is 0 Å². The van der Waals surface area contributed by atoms with Crippen LogP contribution in [0.3, 0.4) is 0 Å². The molecule has 0 saturated carbocycles. The minimum absolute atomic E-state index is 0.0110. The fraction of sp³-hybridized carbons (Fsp3) is 0.364. The molecule has 2 aliphatic heterocycles. The Kier molecular flexibility index (Phi) is 6.82. The molecule has 1 amide bonds. The lowest BCUT2D eigenvalue weighted by Crippen LogP contribution is -2.23. The Morgan fingerprint density at radius 3 is 2.58 bits per heavy atom. The predicted octanol–water partition coefficient (Wildman–Crippen LogP) is 3.44. The van der Waals surface area contributed by atoms with Gasteiger partial charge in [-0.25, -0.2) is 0 Å². The minimum atomic E-state index is -4.78. The van der Waals surface area contributed by atoms with Crippen molar-refractivity contribution in [3.63, 3.8) is 0 Å². The Bertz CT molecular complexity index is 1020. The quantitative estimate of drug-likeness (QED) is 0.585. The number of β-amino-alcohol motifs (C(OH)–C–C–N with tert-alkyl or cyclic N) is 1. The summed E-state index contributed by atoms with van der Waals surface area (Å²) in [7, 11) is 0. The van der Waals surface area contributed by atoms with Gasteiger partial charge in [-0.05, 0) is 48.0 Å². The molecule has 33 heavy (non-hydrogen) atoms. The van der Waals surface area contributed by atoms with Crippen molar-refractivity contribution in [2.75, 3.05) is 36.5 Å². The van der Waals surface area contributed by atoms with Gasteiger partial charge in [0.15, 0.2) is 0 Å². The van der Waals surface area contributed by atoms with Gasteiger partial charge in [0, 0.05) is 35.9 Å². The number of nitrogens with zero attached hydrogens (tertiary/aromatic N) is 2. The molecule has 0 radical (unpaired) electrons. The summed E-state index contributed by atoms with van der Waals surface area (Å²) in [6, 6.07) is 10.2. The van der Waals surface area contributed by atoms with Gasteiger partial charge in [0.1, 0.15) is 5.75 Å². The average molecular weight is 481 g/mol. The van der Waals surface area contributed by atoms with Crippen LogP contribution in [0.4, 0.5) is 24.5 Å². The van der Waals surface area contributed by atoms with Gasteiger partial charge in [0.25, 0.3) is 5.91 Å². The van der Waals surface area contributed by atoms with E-state index in [-0.39, 0.29) is 23.5 Å². The Hall–Kier alpha value is -2.76. The van der Waals surface area contributed by atoms with Crippen molar-refractivity contribution in [2.24, 2.45) is 10.9 Å². The van der Waals surface area contributed by atoms with E-state index in [2.05, 4.69) is 15.0 Å². The van der Waals surface area contributed by atoms with Gasteiger partial charge in [-0.15, -0.1) is 24.9 Å². The van der Waals surface area contributed by atoms with E-state index in [1.165, 1.54) is 23.9 Å². The zero-order chi connectivity index (χ0) is 23.6. The molecule has 1 saturated heterocycles. The van der Waals surface area contributed by atoms with E-state index in [0.29, 0.717) is 30.9 Å². The molecule has 4 rings (SSSR count). The summed E-state index contributed by atoms with van der Waals surface area (Å²) in [6.45, 7) is 1.33. The smallest absolute Gasteiger partial charge is 0.406 e. The van der Waals surface area contributed by atoms with Crippen LogP contribution in [0.5, 0.6) is 5.75 Å². The van der Waals surface area contributed by atoms with Crippen LogP contribution in [0, 0.1) is 5.92 Å². The van der Waals surface area contributed by atoms with E-state index in [0.717, 1.165) is 23.4 Å². The second-order valence-electron chi connectivity index (χ2n) is 7.81. The van der Waals surface area contributed by atoms with Gasteiger partial charge in [0.05, 0.1) is 30.1 Å². The highest BCUT2D eigenvalue weighted by Crippen LogP contribution is 2.39. The van der Waals surface area contributed by atoms with E-state index >= 15 is 0 Å². The topological polar surface area (TPSA) is 94.4 Å². The van der Waals surface area contributed by atoms with Crippen LogP contribution in [0.1, 0.15) is 21.2 Å². The van der Waals surface area contributed by atoms with Crippen molar-refractivity contribution in [1.82, 2.24) is 0 Å². The van der Waals surface area contributed by atoms with E-state index in [1.54, 1.807) is 17.7 Å². The number of rotatable bonds is 6. The van der Waals surface area contributed by atoms with Crippen LogP contribution in [0.25, 0.3) is 0 Å². The lowest BCUT2D eigenvalue weighted by atomic mass is 10.0. The number of ether oxygens (including phenoxy) is 1. The molecule has 1 fully saturated rings. The highest BCUT2D eigenvalue weighted by Gasteiger charge is 2.33. The van der Waals surface area contributed by atoms with Gasteiger partial charge in [-0.2, -0.15) is 0 Å². The second kappa shape index (κ2) is 9.62. The van der Waals surface area contributed by atoms with E-state index in [9.17, 15) is 28.2 Å². The molecule has 0 spiro atoms. The third-order valence-electron chi connectivity index (χ3n) is 5.53. The third kappa shape index (κ3) is 5.60. The zero-order valence-corrected chi connectivity index (χ0v) is 18.1. The Morgan fingerprint density at radius 2 is 1.97 bits per heavy atom.